The number of nitrogens with zero attached hydrogens (tertiary/aromatic N) is 1. The smallest absolute Gasteiger partial charge is 0.270 e. The van der Waals surface area contributed by atoms with E-state index >= 15 is 0 Å². The SMILES string of the molecule is CCS(=O)(=O)[C@](Br)(I)C(=O)c1cccc([N+](=O)[O-])c1. The third-order valence-corrected chi connectivity index (χ3v) is 8.42. The summed E-state index contributed by atoms with van der Waals surface area (Å²) in [6.07, 6.45) is 0. The first-order chi connectivity index (χ1) is 8.63. The lowest BCUT2D eigenvalue weighted by atomic mass is 10.1. The summed E-state index contributed by atoms with van der Waals surface area (Å²) in [6, 6.07) is 4.97. The van der Waals surface area contributed by atoms with Crippen LogP contribution in [0, 0.1) is 10.1 Å². The van der Waals surface area contributed by atoms with Gasteiger partial charge in [-0.15, -0.1) is 0 Å². The van der Waals surface area contributed by atoms with Crippen LogP contribution in [0.1, 0.15) is 17.3 Å². The fourth-order valence-corrected chi connectivity index (χ4v) is 4.18. The van der Waals surface area contributed by atoms with E-state index in [0.29, 0.717) is 0 Å². The van der Waals surface area contributed by atoms with Crippen molar-refractivity contribution in [3.8, 4) is 0 Å². The first kappa shape index (κ1) is 16.5. The van der Waals surface area contributed by atoms with Gasteiger partial charge >= 0.3 is 0 Å². The van der Waals surface area contributed by atoms with Crippen molar-refractivity contribution < 1.29 is 18.1 Å². The lowest BCUT2D eigenvalue weighted by molar-refractivity contribution is -0.384. The number of nitro groups is 1. The molecule has 0 amide bonds. The van der Waals surface area contributed by atoms with Gasteiger partial charge in [-0.2, -0.15) is 0 Å². The number of non-ortho nitro benzene ring substituents is 1. The van der Waals surface area contributed by atoms with Crippen molar-refractivity contribution in [3.63, 3.8) is 0 Å². The van der Waals surface area contributed by atoms with Crippen LogP contribution >= 0.6 is 38.5 Å². The summed E-state index contributed by atoms with van der Waals surface area (Å²) in [7, 11) is -3.69. The molecule has 0 radical (unpaired) electrons. The first-order valence-electron chi connectivity index (χ1n) is 5.03. The molecule has 0 aliphatic heterocycles. The lowest BCUT2D eigenvalue weighted by Crippen LogP contribution is -2.35. The van der Waals surface area contributed by atoms with Crippen LogP contribution in [-0.2, 0) is 9.84 Å². The molecule has 0 aliphatic rings. The summed E-state index contributed by atoms with van der Waals surface area (Å²) in [5.41, 5.74) is -0.294. The maximum absolute atomic E-state index is 12.2. The van der Waals surface area contributed by atoms with Crippen LogP contribution in [0.4, 0.5) is 5.69 Å². The van der Waals surface area contributed by atoms with E-state index in [1.54, 1.807) is 0 Å². The second-order valence-corrected chi connectivity index (χ2v) is 11.5. The van der Waals surface area contributed by atoms with E-state index in [1.165, 1.54) is 47.7 Å². The summed E-state index contributed by atoms with van der Waals surface area (Å²) in [5.74, 6) is -0.958. The van der Waals surface area contributed by atoms with Crippen LogP contribution in [0.15, 0.2) is 24.3 Å². The predicted octanol–water partition coefficient (Wildman–Crippen LogP) is 2.70. The zero-order valence-electron chi connectivity index (χ0n) is 9.67. The monoisotopic (exact) mass is 461 g/mol. The van der Waals surface area contributed by atoms with Crippen LogP contribution in [0.25, 0.3) is 0 Å². The summed E-state index contributed by atoms with van der Waals surface area (Å²) in [5, 5.41) is 10.6. The molecule has 1 aromatic carbocycles. The average molecular weight is 462 g/mol. The van der Waals surface area contributed by atoms with Crippen LogP contribution in [0.3, 0.4) is 0 Å². The quantitative estimate of drug-likeness (QED) is 0.221. The molecule has 9 heteroatoms. The Labute approximate surface area is 131 Å². The van der Waals surface area contributed by atoms with Gasteiger partial charge in [0.1, 0.15) is 0 Å². The number of carbonyl (C=O) groups excluding carboxylic acids is 1. The second-order valence-electron chi connectivity index (χ2n) is 3.56. The minimum absolute atomic E-state index is 0.0301. The molecule has 0 heterocycles. The third-order valence-electron chi connectivity index (χ3n) is 2.35. The molecular weight excluding hydrogens is 453 g/mol. The Morgan fingerprint density at radius 3 is 2.58 bits per heavy atom. The normalized spacial score (nSPS) is 14.7. The third kappa shape index (κ3) is 3.31. The zero-order chi connectivity index (χ0) is 14.8. The van der Waals surface area contributed by atoms with Gasteiger partial charge in [-0.1, -0.05) is 19.1 Å². The van der Waals surface area contributed by atoms with Gasteiger partial charge in [0.15, 0.2) is 9.84 Å². The molecule has 1 atom stereocenters. The Morgan fingerprint density at radius 2 is 2.11 bits per heavy atom. The Morgan fingerprint density at radius 1 is 1.53 bits per heavy atom. The van der Waals surface area contributed by atoms with Crippen molar-refractivity contribution in [2.45, 2.75) is 8.59 Å². The molecule has 1 rings (SSSR count). The van der Waals surface area contributed by atoms with Crippen molar-refractivity contribution in [2.75, 3.05) is 5.75 Å². The highest BCUT2D eigenvalue weighted by Gasteiger charge is 2.45. The molecule has 0 aromatic heterocycles. The van der Waals surface area contributed by atoms with E-state index in [4.69, 9.17) is 0 Å². The summed E-state index contributed by atoms with van der Waals surface area (Å²) < 4.78 is 21.9. The van der Waals surface area contributed by atoms with Crippen molar-refractivity contribution in [3.05, 3.63) is 39.9 Å². The molecule has 104 valence electrons. The largest absolute Gasteiger partial charge is 0.290 e. The Kier molecular flexibility index (Phi) is 5.07. The molecule has 6 nitrogen and oxygen atoms in total. The number of halogens is 2. The number of alkyl halides is 2. The number of sulfone groups is 1. The second kappa shape index (κ2) is 5.83. The molecule has 0 spiro atoms. The van der Waals surface area contributed by atoms with E-state index < -0.39 is 22.2 Å². The number of carbonyl (C=O) groups is 1. The maximum Gasteiger partial charge on any atom is 0.270 e. The number of hydrogen-bond donors (Lipinski definition) is 0. The molecule has 0 fully saturated rings. The summed E-state index contributed by atoms with van der Waals surface area (Å²) >= 11 is 4.39. The fraction of sp³-hybridized carbons (Fsp3) is 0.300. The van der Waals surface area contributed by atoms with Gasteiger partial charge in [0.05, 0.1) is 10.7 Å². The molecule has 0 bridgehead atoms. The van der Waals surface area contributed by atoms with Gasteiger partial charge < -0.3 is 0 Å². The van der Waals surface area contributed by atoms with Gasteiger partial charge in [-0.05, 0) is 38.5 Å². The first-order valence-corrected chi connectivity index (χ1v) is 8.55. The molecule has 0 aliphatic carbocycles. The number of benzene rings is 1. The van der Waals surface area contributed by atoms with Crippen molar-refractivity contribution in [1.82, 2.24) is 0 Å². The lowest BCUT2D eigenvalue weighted by Gasteiger charge is -2.18. The number of hydrogen-bond acceptors (Lipinski definition) is 5. The highest BCUT2D eigenvalue weighted by molar-refractivity contribution is 14.1. The van der Waals surface area contributed by atoms with Crippen molar-refractivity contribution in [1.29, 1.82) is 0 Å². The summed E-state index contributed by atoms with van der Waals surface area (Å²) in [6.45, 7) is 1.42. The Bertz CT molecular complexity index is 629. The molecule has 0 saturated carbocycles. The molecule has 0 N–H and O–H groups in total. The van der Waals surface area contributed by atoms with Gasteiger partial charge in [-0.25, -0.2) is 8.42 Å². The molecule has 0 saturated heterocycles. The van der Waals surface area contributed by atoms with E-state index in [0.717, 1.165) is 6.07 Å². The molecule has 19 heavy (non-hydrogen) atoms. The Balaban J connectivity index is 3.28. The van der Waals surface area contributed by atoms with E-state index in [2.05, 4.69) is 15.9 Å². The number of Topliss-reactive ketones (excluding diaryl/α,β-unsaturated/α-hetero) is 1. The minimum atomic E-state index is -3.69. The maximum atomic E-state index is 12.2. The number of rotatable bonds is 5. The average Bonchev–Trinajstić information content (AvgIpc) is 2.37. The van der Waals surface area contributed by atoms with Gasteiger partial charge in [-0.3, -0.25) is 14.9 Å². The van der Waals surface area contributed by atoms with Crippen LogP contribution in [0.2, 0.25) is 0 Å². The highest BCUT2D eigenvalue weighted by atomic mass is 127. The standard InChI is InChI=1S/C10H9BrINO5S/c1-2-19(17,18)10(11,12)9(14)7-4-3-5-8(6-7)13(15)16/h3-6H,2H2,1H3/t10-/m1/s1. The number of nitro benzene ring substituents is 1. The fourth-order valence-electron chi connectivity index (χ4n) is 1.25. The topological polar surface area (TPSA) is 94.3 Å². The van der Waals surface area contributed by atoms with Gasteiger partial charge in [0.2, 0.25) is 7.45 Å². The summed E-state index contributed by atoms with van der Waals surface area (Å²) in [4.78, 5) is 22.2. The molecule has 1 aromatic rings. The van der Waals surface area contributed by atoms with Crippen molar-refractivity contribution >= 4 is 59.8 Å². The van der Waals surface area contributed by atoms with Gasteiger partial charge in [0, 0.05) is 17.7 Å². The van der Waals surface area contributed by atoms with Crippen LogP contribution in [-0.4, -0.2) is 26.5 Å². The van der Waals surface area contributed by atoms with Crippen molar-refractivity contribution in [2.24, 2.45) is 0 Å². The van der Waals surface area contributed by atoms with E-state index in [9.17, 15) is 23.3 Å². The Hall–Kier alpha value is -0.550. The van der Waals surface area contributed by atoms with Gasteiger partial charge in [0.25, 0.3) is 5.69 Å². The molecular formula is C10H9BrINO5S. The van der Waals surface area contributed by atoms with E-state index in [-0.39, 0.29) is 17.0 Å². The van der Waals surface area contributed by atoms with Crippen LogP contribution < -0.4 is 0 Å². The van der Waals surface area contributed by atoms with Crippen LogP contribution in [0.5, 0.6) is 0 Å². The minimum Gasteiger partial charge on any atom is -0.290 e. The number of ketones is 1. The van der Waals surface area contributed by atoms with E-state index in [1.807, 2.05) is 0 Å². The highest BCUT2D eigenvalue weighted by Crippen LogP contribution is 2.37. The zero-order valence-corrected chi connectivity index (χ0v) is 14.2. The predicted molar refractivity (Wildman–Crippen MR) is 82.6 cm³/mol. The molecule has 0 unspecified atom stereocenters.